The van der Waals surface area contributed by atoms with Crippen molar-refractivity contribution in [1.29, 1.82) is 0 Å². The van der Waals surface area contributed by atoms with E-state index in [1.165, 1.54) is 38.5 Å². The van der Waals surface area contributed by atoms with Crippen LogP contribution in [0, 0.1) is 40.9 Å². The van der Waals surface area contributed by atoms with E-state index in [0.29, 0.717) is 5.41 Å². The molecule has 108 valence electrons. The topological polar surface area (TPSA) is 20.2 Å². The Hall–Kier alpha value is -0.0400. The first-order chi connectivity index (χ1) is 9.09. The van der Waals surface area contributed by atoms with Gasteiger partial charge in [0.05, 0.1) is 6.10 Å². The van der Waals surface area contributed by atoms with E-state index in [9.17, 15) is 5.11 Å². The second kappa shape index (κ2) is 4.23. The van der Waals surface area contributed by atoms with Crippen LogP contribution in [0.1, 0.15) is 65.2 Å². The zero-order valence-electron chi connectivity index (χ0n) is 12.6. The van der Waals surface area contributed by atoms with Crippen molar-refractivity contribution in [2.45, 2.75) is 71.3 Å². The van der Waals surface area contributed by atoms with Gasteiger partial charge in [-0.25, -0.2) is 0 Å². The molecule has 4 saturated carbocycles. The molecule has 1 nitrogen and oxygen atoms in total. The maximum absolute atomic E-state index is 9.94. The lowest BCUT2D eigenvalue weighted by molar-refractivity contribution is 0.0000273. The summed E-state index contributed by atoms with van der Waals surface area (Å²) in [5.41, 5.74) is 0.667. The average Bonchev–Trinajstić information content (AvgIpc) is 2.83. The predicted molar refractivity (Wildman–Crippen MR) is 77.7 cm³/mol. The Bertz CT molecular complexity index is 365. The highest BCUT2D eigenvalue weighted by Crippen LogP contribution is 2.67. The van der Waals surface area contributed by atoms with Crippen molar-refractivity contribution in [3.05, 3.63) is 0 Å². The molecule has 0 bridgehead atoms. The summed E-state index contributed by atoms with van der Waals surface area (Å²) in [6.45, 7) is 5.12. The van der Waals surface area contributed by atoms with Gasteiger partial charge in [-0.2, -0.15) is 0 Å². The molecular weight excluding hydrogens is 232 g/mol. The second-order valence-electron chi connectivity index (χ2n) is 8.59. The normalized spacial score (nSPS) is 60.5. The lowest BCUT2D eigenvalue weighted by atomic mass is 9.61. The average molecular weight is 262 g/mol. The standard InChI is InChI=1S/C18H30O/c1-11-3-8-17-15-6-4-12-9-13(19)5-7-14(12)16(15)10-18(11,17)2/h11-17,19H,3-10H2,1-2H3. The second-order valence-corrected chi connectivity index (χ2v) is 8.59. The van der Waals surface area contributed by atoms with Gasteiger partial charge >= 0.3 is 0 Å². The van der Waals surface area contributed by atoms with Gasteiger partial charge in [0.1, 0.15) is 0 Å². The van der Waals surface area contributed by atoms with Gasteiger partial charge in [0.15, 0.2) is 0 Å². The summed E-state index contributed by atoms with van der Waals surface area (Å²) in [7, 11) is 0. The molecule has 1 N–H and O–H groups in total. The zero-order chi connectivity index (χ0) is 13.2. The molecule has 1 heteroatoms. The van der Waals surface area contributed by atoms with Crippen LogP contribution in [0.3, 0.4) is 0 Å². The van der Waals surface area contributed by atoms with Crippen LogP contribution in [-0.2, 0) is 0 Å². The van der Waals surface area contributed by atoms with Gasteiger partial charge in [0.2, 0.25) is 0 Å². The number of rotatable bonds is 0. The minimum absolute atomic E-state index is 0.0215. The maximum atomic E-state index is 9.94. The molecule has 8 atom stereocenters. The van der Waals surface area contributed by atoms with E-state index in [-0.39, 0.29) is 6.10 Å². The molecule has 0 aromatic heterocycles. The molecule has 19 heavy (non-hydrogen) atoms. The smallest absolute Gasteiger partial charge is 0.0543 e. The molecule has 4 fully saturated rings. The monoisotopic (exact) mass is 262 g/mol. The summed E-state index contributed by atoms with van der Waals surface area (Å²) in [5, 5.41) is 9.94. The highest BCUT2D eigenvalue weighted by atomic mass is 16.3. The summed E-state index contributed by atoms with van der Waals surface area (Å²) in [4.78, 5) is 0. The Balaban J connectivity index is 1.59. The fourth-order valence-corrected chi connectivity index (χ4v) is 6.92. The molecule has 0 spiro atoms. The lowest BCUT2D eigenvalue weighted by Crippen LogP contribution is -2.39. The lowest BCUT2D eigenvalue weighted by Gasteiger charge is -2.45. The first kappa shape index (κ1) is 12.7. The minimum Gasteiger partial charge on any atom is -0.393 e. The van der Waals surface area contributed by atoms with Crippen LogP contribution in [0.15, 0.2) is 0 Å². The van der Waals surface area contributed by atoms with Crippen molar-refractivity contribution in [3.8, 4) is 0 Å². The quantitative estimate of drug-likeness (QED) is 0.692. The van der Waals surface area contributed by atoms with Gasteiger partial charge in [-0.3, -0.25) is 0 Å². The largest absolute Gasteiger partial charge is 0.393 e. The van der Waals surface area contributed by atoms with E-state index >= 15 is 0 Å². The van der Waals surface area contributed by atoms with Crippen molar-refractivity contribution in [2.75, 3.05) is 0 Å². The van der Waals surface area contributed by atoms with Crippen molar-refractivity contribution in [1.82, 2.24) is 0 Å². The van der Waals surface area contributed by atoms with Gasteiger partial charge in [0.25, 0.3) is 0 Å². The van der Waals surface area contributed by atoms with E-state index in [1.807, 2.05) is 0 Å². The maximum Gasteiger partial charge on any atom is 0.0543 e. The fourth-order valence-electron chi connectivity index (χ4n) is 6.92. The van der Waals surface area contributed by atoms with Crippen molar-refractivity contribution >= 4 is 0 Å². The summed E-state index contributed by atoms with van der Waals surface area (Å²) in [6.07, 6.45) is 11.0. The summed E-state index contributed by atoms with van der Waals surface area (Å²) < 4.78 is 0. The highest BCUT2D eigenvalue weighted by Gasteiger charge is 2.59. The molecule has 8 unspecified atom stereocenters. The Morgan fingerprint density at radius 2 is 1.68 bits per heavy atom. The van der Waals surface area contributed by atoms with Crippen LogP contribution in [0.4, 0.5) is 0 Å². The highest BCUT2D eigenvalue weighted by molar-refractivity contribution is 5.08. The first-order valence-electron chi connectivity index (χ1n) is 8.77. The van der Waals surface area contributed by atoms with Crippen molar-refractivity contribution in [2.24, 2.45) is 40.9 Å². The van der Waals surface area contributed by atoms with Crippen LogP contribution < -0.4 is 0 Å². The predicted octanol–water partition coefficient (Wildman–Crippen LogP) is 4.25. The minimum atomic E-state index is 0.0215. The van der Waals surface area contributed by atoms with E-state index in [1.54, 1.807) is 0 Å². The van der Waals surface area contributed by atoms with E-state index < -0.39 is 0 Å². The molecule has 0 aromatic rings. The Kier molecular flexibility index (Phi) is 2.82. The molecular formula is C18H30O. The van der Waals surface area contributed by atoms with E-state index in [2.05, 4.69) is 13.8 Å². The van der Waals surface area contributed by atoms with Crippen LogP contribution in [0.5, 0.6) is 0 Å². The van der Waals surface area contributed by atoms with Crippen LogP contribution in [-0.4, -0.2) is 11.2 Å². The van der Waals surface area contributed by atoms with Crippen molar-refractivity contribution < 1.29 is 5.11 Å². The molecule has 4 rings (SSSR count). The summed E-state index contributed by atoms with van der Waals surface area (Å²) in [6, 6.07) is 0. The first-order valence-corrected chi connectivity index (χ1v) is 8.77. The van der Waals surface area contributed by atoms with Gasteiger partial charge in [-0.1, -0.05) is 13.8 Å². The van der Waals surface area contributed by atoms with Crippen LogP contribution in [0.2, 0.25) is 0 Å². The number of hydrogen-bond acceptors (Lipinski definition) is 1. The Morgan fingerprint density at radius 3 is 2.53 bits per heavy atom. The summed E-state index contributed by atoms with van der Waals surface area (Å²) in [5.74, 6) is 5.89. The molecule has 0 amide bonds. The molecule has 4 aliphatic carbocycles. The Labute approximate surface area is 118 Å². The number of aliphatic hydroxyl groups is 1. The number of hydrogen-bond donors (Lipinski definition) is 1. The number of fused-ring (bicyclic) bond motifs is 5. The van der Waals surface area contributed by atoms with Crippen LogP contribution in [0.25, 0.3) is 0 Å². The molecule has 0 radical (unpaired) electrons. The molecule has 0 saturated heterocycles. The third kappa shape index (κ3) is 1.69. The van der Waals surface area contributed by atoms with E-state index in [0.717, 1.165) is 48.3 Å². The molecule has 0 aromatic carbocycles. The van der Waals surface area contributed by atoms with Crippen molar-refractivity contribution in [3.63, 3.8) is 0 Å². The van der Waals surface area contributed by atoms with Gasteiger partial charge in [-0.05, 0) is 92.3 Å². The Morgan fingerprint density at radius 1 is 0.895 bits per heavy atom. The summed E-state index contributed by atoms with van der Waals surface area (Å²) >= 11 is 0. The van der Waals surface area contributed by atoms with Gasteiger partial charge in [-0.15, -0.1) is 0 Å². The number of aliphatic hydroxyl groups excluding tert-OH is 1. The third-order valence-corrected chi connectivity index (χ3v) is 8.06. The molecule has 0 heterocycles. The SMILES string of the molecule is CC1CCC2C3CCC4CC(O)CCC4C3CC12C. The molecule has 4 aliphatic rings. The third-order valence-electron chi connectivity index (χ3n) is 8.06. The van der Waals surface area contributed by atoms with Crippen LogP contribution >= 0.6 is 0 Å². The zero-order valence-corrected chi connectivity index (χ0v) is 12.6. The van der Waals surface area contributed by atoms with Gasteiger partial charge in [0, 0.05) is 0 Å². The molecule has 0 aliphatic heterocycles. The van der Waals surface area contributed by atoms with E-state index in [4.69, 9.17) is 0 Å². The fraction of sp³-hybridized carbons (Fsp3) is 1.00. The van der Waals surface area contributed by atoms with Gasteiger partial charge < -0.3 is 5.11 Å².